The monoisotopic (exact) mass is 346 g/mol. The standard InChI is InChI=1S/C17H22N4O4/c1-2-3-13(10-16(24)25)21-15(23)9-8-14(22)20-12-6-4-11(5-7-12)17(18)19/h2,4-7,13H,1,3,8-10H2,(H3,18,19)(H,20,22)(H,21,23)(H,24,25). The van der Waals surface area contributed by atoms with E-state index in [9.17, 15) is 14.4 Å². The number of nitrogen functional groups attached to an aromatic ring is 1. The van der Waals surface area contributed by atoms with Crippen molar-refractivity contribution in [3.63, 3.8) is 0 Å². The highest BCUT2D eigenvalue weighted by atomic mass is 16.4. The zero-order valence-electron chi connectivity index (χ0n) is 13.7. The maximum atomic E-state index is 11.9. The van der Waals surface area contributed by atoms with E-state index in [2.05, 4.69) is 17.2 Å². The first-order valence-electron chi connectivity index (χ1n) is 7.68. The van der Waals surface area contributed by atoms with Gasteiger partial charge in [-0.3, -0.25) is 19.8 Å². The van der Waals surface area contributed by atoms with Crippen LogP contribution >= 0.6 is 0 Å². The molecular weight excluding hydrogens is 324 g/mol. The predicted octanol–water partition coefficient (Wildman–Crippen LogP) is 1.22. The normalized spacial score (nSPS) is 11.2. The fraction of sp³-hybridized carbons (Fsp3) is 0.294. The van der Waals surface area contributed by atoms with E-state index in [0.717, 1.165) is 0 Å². The van der Waals surface area contributed by atoms with Gasteiger partial charge in [-0.15, -0.1) is 6.58 Å². The molecule has 1 atom stereocenters. The van der Waals surface area contributed by atoms with E-state index in [1.165, 1.54) is 6.08 Å². The second kappa shape index (κ2) is 9.86. The van der Waals surface area contributed by atoms with Crippen molar-refractivity contribution in [3.8, 4) is 0 Å². The van der Waals surface area contributed by atoms with Crippen LogP contribution in [0.3, 0.4) is 0 Å². The molecule has 0 aliphatic carbocycles. The predicted molar refractivity (Wildman–Crippen MR) is 94.3 cm³/mol. The number of rotatable bonds is 10. The second-order valence-electron chi connectivity index (χ2n) is 5.43. The summed E-state index contributed by atoms with van der Waals surface area (Å²) in [6.45, 7) is 3.52. The van der Waals surface area contributed by atoms with Crippen molar-refractivity contribution in [1.82, 2.24) is 5.32 Å². The number of amidine groups is 1. The molecule has 134 valence electrons. The molecule has 0 bridgehead atoms. The number of hydrogen-bond donors (Lipinski definition) is 5. The summed E-state index contributed by atoms with van der Waals surface area (Å²) in [7, 11) is 0. The number of nitrogens with two attached hydrogens (primary N) is 1. The van der Waals surface area contributed by atoms with Crippen LogP contribution < -0.4 is 16.4 Å². The van der Waals surface area contributed by atoms with Gasteiger partial charge in [0.05, 0.1) is 6.42 Å². The summed E-state index contributed by atoms with van der Waals surface area (Å²) in [5.41, 5.74) is 6.42. The fourth-order valence-electron chi connectivity index (χ4n) is 2.09. The first-order chi connectivity index (χ1) is 11.8. The molecule has 0 heterocycles. The molecule has 1 aromatic rings. The third-order valence-corrected chi connectivity index (χ3v) is 3.30. The number of carboxylic acids is 1. The Balaban J connectivity index is 2.44. The summed E-state index contributed by atoms with van der Waals surface area (Å²) in [5, 5.41) is 21.3. The number of nitrogens with one attached hydrogen (secondary N) is 3. The van der Waals surface area contributed by atoms with E-state index >= 15 is 0 Å². The topological polar surface area (TPSA) is 145 Å². The summed E-state index contributed by atoms with van der Waals surface area (Å²) in [4.78, 5) is 34.4. The summed E-state index contributed by atoms with van der Waals surface area (Å²) in [6, 6.07) is 5.90. The van der Waals surface area contributed by atoms with Crippen molar-refractivity contribution >= 4 is 29.3 Å². The van der Waals surface area contributed by atoms with Gasteiger partial charge >= 0.3 is 5.97 Å². The van der Waals surface area contributed by atoms with Crippen LogP contribution in [0.5, 0.6) is 0 Å². The third-order valence-electron chi connectivity index (χ3n) is 3.30. The molecule has 0 aliphatic heterocycles. The van der Waals surface area contributed by atoms with Crippen molar-refractivity contribution in [2.45, 2.75) is 31.7 Å². The second-order valence-corrected chi connectivity index (χ2v) is 5.43. The molecule has 1 rings (SSSR count). The third kappa shape index (κ3) is 7.78. The van der Waals surface area contributed by atoms with Gasteiger partial charge in [0, 0.05) is 30.1 Å². The molecule has 8 heteroatoms. The maximum Gasteiger partial charge on any atom is 0.305 e. The zero-order chi connectivity index (χ0) is 18.8. The quantitative estimate of drug-likeness (QED) is 0.246. The Morgan fingerprint density at radius 2 is 1.80 bits per heavy atom. The molecule has 0 aromatic heterocycles. The molecule has 0 saturated carbocycles. The fourth-order valence-corrected chi connectivity index (χ4v) is 2.09. The van der Waals surface area contributed by atoms with Crippen molar-refractivity contribution in [1.29, 1.82) is 5.41 Å². The van der Waals surface area contributed by atoms with Gasteiger partial charge in [-0.2, -0.15) is 0 Å². The molecule has 0 spiro atoms. The number of carbonyl (C=O) groups excluding carboxylic acids is 2. The summed E-state index contributed by atoms with van der Waals surface area (Å²) in [6.07, 6.45) is 1.59. The van der Waals surface area contributed by atoms with Gasteiger partial charge in [-0.05, 0) is 30.7 Å². The van der Waals surface area contributed by atoms with Gasteiger partial charge in [-0.25, -0.2) is 0 Å². The first kappa shape index (κ1) is 19.9. The number of anilines is 1. The van der Waals surface area contributed by atoms with Gasteiger partial charge in [0.15, 0.2) is 0 Å². The number of hydrogen-bond acceptors (Lipinski definition) is 4. The van der Waals surface area contributed by atoms with E-state index in [1.54, 1.807) is 24.3 Å². The number of carboxylic acid groups (broad SMARTS) is 1. The number of benzene rings is 1. The van der Waals surface area contributed by atoms with Gasteiger partial charge in [0.25, 0.3) is 0 Å². The Labute approximate surface area is 145 Å². The number of carbonyl (C=O) groups is 3. The molecule has 25 heavy (non-hydrogen) atoms. The minimum absolute atomic E-state index is 0.0336. The molecule has 2 amide bonds. The summed E-state index contributed by atoms with van der Waals surface area (Å²) in [5.74, 6) is -1.82. The summed E-state index contributed by atoms with van der Waals surface area (Å²) >= 11 is 0. The van der Waals surface area contributed by atoms with E-state index in [1.807, 2.05) is 0 Å². The van der Waals surface area contributed by atoms with Crippen LogP contribution in [0.1, 0.15) is 31.2 Å². The number of amides is 2. The van der Waals surface area contributed by atoms with Crippen LogP contribution in [0.2, 0.25) is 0 Å². The highest BCUT2D eigenvalue weighted by molar-refractivity contribution is 5.96. The first-order valence-corrected chi connectivity index (χ1v) is 7.68. The van der Waals surface area contributed by atoms with Crippen LogP contribution in [0.4, 0.5) is 5.69 Å². The molecule has 1 aromatic carbocycles. The van der Waals surface area contributed by atoms with Gasteiger partial charge in [0.1, 0.15) is 5.84 Å². The molecule has 8 nitrogen and oxygen atoms in total. The molecule has 0 aliphatic rings. The van der Waals surface area contributed by atoms with Crippen LogP contribution in [0.15, 0.2) is 36.9 Å². The van der Waals surface area contributed by atoms with Crippen LogP contribution in [0.25, 0.3) is 0 Å². The highest BCUT2D eigenvalue weighted by Crippen LogP contribution is 2.10. The molecule has 1 unspecified atom stereocenters. The van der Waals surface area contributed by atoms with E-state index in [0.29, 0.717) is 17.7 Å². The van der Waals surface area contributed by atoms with Crippen molar-refractivity contribution in [2.75, 3.05) is 5.32 Å². The molecule has 6 N–H and O–H groups in total. The molecule has 0 fully saturated rings. The Bertz CT molecular complexity index is 655. The van der Waals surface area contributed by atoms with Gasteiger partial charge in [0.2, 0.25) is 11.8 Å². The molecule has 0 saturated heterocycles. The highest BCUT2D eigenvalue weighted by Gasteiger charge is 2.15. The lowest BCUT2D eigenvalue weighted by molar-refractivity contribution is -0.137. The van der Waals surface area contributed by atoms with Gasteiger partial charge < -0.3 is 21.5 Å². The Kier molecular flexibility index (Phi) is 7.85. The molecule has 0 radical (unpaired) electrons. The lowest BCUT2D eigenvalue weighted by atomic mass is 10.1. The van der Waals surface area contributed by atoms with Crippen molar-refractivity contribution < 1.29 is 19.5 Å². The lowest BCUT2D eigenvalue weighted by Gasteiger charge is -2.15. The smallest absolute Gasteiger partial charge is 0.305 e. The van der Waals surface area contributed by atoms with Crippen LogP contribution in [-0.2, 0) is 14.4 Å². The SMILES string of the molecule is C=CCC(CC(=O)O)NC(=O)CCC(=O)Nc1ccc(C(=N)N)cc1. The Morgan fingerprint density at radius 1 is 1.20 bits per heavy atom. The zero-order valence-corrected chi connectivity index (χ0v) is 13.7. The van der Waals surface area contributed by atoms with E-state index < -0.39 is 17.9 Å². The Morgan fingerprint density at radius 3 is 2.32 bits per heavy atom. The minimum atomic E-state index is -1.01. The summed E-state index contributed by atoms with van der Waals surface area (Å²) < 4.78 is 0. The lowest BCUT2D eigenvalue weighted by Crippen LogP contribution is -2.36. The average Bonchev–Trinajstić information content (AvgIpc) is 2.53. The maximum absolute atomic E-state index is 11.9. The van der Waals surface area contributed by atoms with Crippen molar-refractivity contribution in [3.05, 3.63) is 42.5 Å². The average molecular weight is 346 g/mol. The van der Waals surface area contributed by atoms with Gasteiger partial charge in [-0.1, -0.05) is 6.08 Å². The minimum Gasteiger partial charge on any atom is -0.481 e. The molecular formula is C17H22N4O4. The van der Waals surface area contributed by atoms with E-state index in [-0.39, 0.29) is 31.0 Å². The Hall–Kier alpha value is -3.16. The largest absolute Gasteiger partial charge is 0.481 e. The number of aliphatic carboxylic acids is 1. The van der Waals surface area contributed by atoms with E-state index in [4.69, 9.17) is 16.2 Å². The van der Waals surface area contributed by atoms with Crippen LogP contribution in [-0.4, -0.2) is 34.8 Å². The van der Waals surface area contributed by atoms with Crippen molar-refractivity contribution in [2.24, 2.45) is 5.73 Å². The van der Waals surface area contributed by atoms with Crippen LogP contribution in [0, 0.1) is 5.41 Å².